The molecule has 2 heterocycles. The first-order chi connectivity index (χ1) is 7.43. The molecular weight excluding hydrogens is 186 g/mol. The van der Waals surface area contributed by atoms with E-state index in [-0.39, 0.29) is 0 Å². The van der Waals surface area contributed by atoms with Crippen LogP contribution in [0.1, 0.15) is 43.7 Å². The monoisotopic (exact) mass is 201 g/mol. The summed E-state index contributed by atoms with van der Waals surface area (Å²) in [4.78, 5) is 12.1. The third-order valence-corrected chi connectivity index (χ3v) is 3.30. The molecule has 0 saturated heterocycles. The Morgan fingerprint density at radius 2 is 2.07 bits per heavy atom. The molecule has 0 aliphatic heterocycles. The Bertz CT molecular complexity index is 455. The summed E-state index contributed by atoms with van der Waals surface area (Å²) in [5, 5.41) is 0. The molecule has 15 heavy (non-hydrogen) atoms. The van der Waals surface area contributed by atoms with Crippen molar-refractivity contribution in [1.82, 2.24) is 15.0 Å². The first-order valence-electron chi connectivity index (χ1n) is 5.73. The van der Waals surface area contributed by atoms with Gasteiger partial charge in [0.1, 0.15) is 5.52 Å². The standard InChI is InChI=1S/C12H15N3/c1-2-4-9(5-3-1)11-8-14-12-10(15-11)6-7-13-12/h6-9H,1-5H2,(H,13,14). The zero-order valence-electron chi connectivity index (χ0n) is 8.74. The van der Waals surface area contributed by atoms with Crippen molar-refractivity contribution >= 4 is 11.2 Å². The fraction of sp³-hybridized carbons (Fsp3) is 0.500. The highest BCUT2D eigenvalue weighted by Crippen LogP contribution is 2.31. The molecular formula is C12H15N3. The number of rotatable bonds is 1. The minimum absolute atomic E-state index is 0.644. The van der Waals surface area contributed by atoms with Crippen LogP contribution in [0.2, 0.25) is 0 Å². The number of hydrogen-bond acceptors (Lipinski definition) is 2. The van der Waals surface area contributed by atoms with Crippen molar-refractivity contribution in [2.45, 2.75) is 38.0 Å². The average Bonchev–Trinajstić information content (AvgIpc) is 2.77. The summed E-state index contributed by atoms with van der Waals surface area (Å²) in [6, 6.07) is 1.99. The largest absolute Gasteiger partial charge is 0.345 e. The van der Waals surface area contributed by atoms with Crippen molar-refractivity contribution in [2.75, 3.05) is 0 Å². The minimum atomic E-state index is 0.644. The fourth-order valence-corrected chi connectivity index (χ4v) is 2.44. The molecule has 0 bridgehead atoms. The lowest BCUT2D eigenvalue weighted by Crippen LogP contribution is -2.06. The summed E-state index contributed by atoms with van der Waals surface area (Å²) in [7, 11) is 0. The van der Waals surface area contributed by atoms with E-state index in [0.717, 1.165) is 11.2 Å². The van der Waals surface area contributed by atoms with Gasteiger partial charge in [-0.3, -0.25) is 0 Å². The molecule has 0 aromatic carbocycles. The van der Waals surface area contributed by atoms with Gasteiger partial charge < -0.3 is 4.98 Å². The zero-order valence-corrected chi connectivity index (χ0v) is 8.74. The predicted octanol–water partition coefficient (Wildman–Crippen LogP) is 3.01. The summed E-state index contributed by atoms with van der Waals surface area (Å²) in [5.74, 6) is 0.644. The smallest absolute Gasteiger partial charge is 0.156 e. The molecule has 1 saturated carbocycles. The van der Waals surface area contributed by atoms with Crippen LogP contribution in [0.4, 0.5) is 0 Å². The van der Waals surface area contributed by atoms with E-state index < -0.39 is 0 Å². The number of aromatic nitrogens is 3. The Balaban J connectivity index is 1.95. The maximum Gasteiger partial charge on any atom is 0.156 e. The Morgan fingerprint density at radius 3 is 2.93 bits per heavy atom. The van der Waals surface area contributed by atoms with Gasteiger partial charge >= 0.3 is 0 Å². The van der Waals surface area contributed by atoms with E-state index in [1.54, 1.807) is 0 Å². The topological polar surface area (TPSA) is 41.6 Å². The summed E-state index contributed by atoms with van der Waals surface area (Å²) < 4.78 is 0. The van der Waals surface area contributed by atoms with E-state index >= 15 is 0 Å². The second-order valence-corrected chi connectivity index (χ2v) is 4.34. The van der Waals surface area contributed by atoms with Gasteiger partial charge in [0.15, 0.2) is 5.65 Å². The Kier molecular flexibility index (Phi) is 2.16. The van der Waals surface area contributed by atoms with Gasteiger partial charge in [-0.05, 0) is 18.9 Å². The molecule has 2 aromatic heterocycles. The van der Waals surface area contributed by atoms with Gasteiger partial charge in [-0.1, -0.05) is 19.3 Å². The first kappa shape index (κ1) is 8.89. The van der Waals surface area contributed by atoms with Crippen molar-refractivity contribution in [3.63, 3.8) is 0 Å². The molecule has 78 valence electrons. The SMILES string of the molecule is c1cc2nc(C3CCCCC3)cnc2[nH]1. The maximum absolute atomic E-state index is 4.67. The summed E-state index contributed by atoms with van der Waals surface area (Å²) in [5.41, 5.74) is 3.08. The predicted molar refractivity (Wildman–Crippen MR) is 59.7 cm³/mol. The number of H-pyrrole nitrogens is 1. The maximum atomic E-state index is 4.67. The average molecular weight is 201 g/mol. The molecule has 0 spiro atoms. The quantitative estimate of drug-likeness (QED) is 0.770. The van der Waals surface area contributed by atoms with Gasteiger partial charge in [0.2, 0.25) is 0 Å². The highest BCUT2D eigenvalue weighted by Gasteiger charge is 2.17. The molecule has 0 amide bonds. The lowest BCUT2D eigenvalue weighted by molar-refractivity contribution is 0.436. The van der Waals surface area contributed by atoms with E-state index in [1.165, 1.54) is 37.8 Å². The van der Waals surface area contributed by atoms with Crippen LogP contribution in [-0.2, 0) is 0 Å². The molecule has 3 nitrogen and oxygen atoms in total. The van der Waals surface area contributed by atoms with Crippen LogP contribution >= 0.6 is 0 Å². The Morgan fingerprint density at radius 1 is 1.20 bits per heavy atom. The Hall–Kier alpha value is -1.38. The van der Waals surface area contributed by atoms with Crippen molar-refractivity contribution in [2.24, 2.45) is 0 Å². The highest BCUT2D eigenvalue weighted by molar-refractivity contribution is 5.69. The van der Waals surface area contributed by atoms with Crippen LogP contribution in [-0.4, -0.2) is 15.0 Å². The summed E-state index contributed by atoms with van der Waals surface area (Å²) in [6.07, 6.45) is 10.5. The lowest BCUT2D eigenvalue weighted by atomic mass is 9.87. The van der Waals surface area contributed by atoms with Gasteiger partial charge in [0.25, 0.3) is 0 Å². The van der Waals surface area contributed by atoms with Crippen molar-refractivity contribution in [1.29, 1.82) is 0 Å². The second-order valence-electron chi connectivity index (χ2n) is 4.34. The molecule has 0 radical (unpaired) electrons. The third-order valence-electron chi connectivity index (χ3n) is 3.30. The van der Waals surface area contributed by atoms with E-state index in [2.05, 4.69) is 15.0 Å². The van der Waals surface area contributed by atoms with Crippen molar-refractivity contribution < 1.29 is 0 Å². The summed E-state index contributed by atoms with van der Waals surface area (Å²) in [6.45, 7) is 0. The second kappa shape index (κ2) is 3.65. The summed E-state index contributed by atoms with van der Waals surface area (Å²) >= 11 is 0. The Labute approximate surface area is 88.9 Å². The van der Waals surface area contributed by atoms with Gasteiger partial charge in [0.05, 0.1) is 11.9 Å². The molecule has 1 fully saturated rings. The molecule has 2 aromatic rings. The number of nitrogens with zero attached hydrogens (tertiary/aromatic N) is 2. The van der Waals surface area contributed by atoms with Crippen LogP contribution in [0, 0.1) is 0 Å². The zero-order chi connectivity index (χ0) is 10.1. The van der Waals surface area contributed by atoms with Crippen LogP contribution in [0.15, 0.2) is 18.5 Å². The third kappa shape index (κ3) is 1.62. The van der Waals surface area contributed by atoms with Crippen molar-refractivity contribution in [3.8, 4) is 0 Å². The fourth-order valence-electron chi connectivity index (χ4n) is 2.44. The van der Waals surface area contributed by atoms with Gasteiger partial charge in [-0.2, -0.15) is 0 Å². The van der Waals surface area contributed by atoms with Crippen LogP contribution in [0.25, 0.3) is 11.2 Å². The van der Waals surface area contributed by atoms with Crippen LogP contribution in [0.5, 0.6) is 0 Å². The van der Waals surface area contributed by atoms with Crippen LogP contribution < -0.4 is 0 Å². The molecule has 1 N–H and O–H groups in total. The van der Waals surface area contributed by atoms with E-state index in [0.29, 0.717) is 5.92 Å². The van der Waals surface area contributed by atoms with Crippen molar-refractivity contribution in [3.05, 3.63) is 24.2 Å². The van der Waals surface area contributed by atoms with Crippen LogP contribution in [0.3, 0.4) is 0 Å². The molecule has 3 heteroatoms. The van der Waals surface area contributed by atoms with Gasteiger partial charge in [-0.15, -0.1) is 0 Å². The molecule has 3 rings (SSSR count). The highest BCUT2D eigenvalue weighted by atomic mass is 14.9. The van der Waals surface area contributed by atoms with E-state index in [4.69, 9.17) is 0 Å². The number of hydrogen-bond donors (Lipinski definition) is 1. The minimum Gasteiger partial charge on any atom is -0.345 e. The number of nitrogens with one attached hydrogen (secondary N) is 1. The van der Waals surface area contributed by atoms with Gasteiger partial charge in [-0.25, -0.2) is 9.97 Å². The normalized spacial score (nSPS) is 18.4. The molecule has 0 atom stereocenters. The van der Waals surface area contributed by atoms with E-state index in [1.807, 2.05) is 18.5 Å². The molecule has 1 aliphatic carbocycles. The lowest BCUT2D eigenvalue weighted by Gasteiger charge is -2.20. The number of aromatic amines is 1. The van der Waals surface area contributed by atoms with Gasteiger partial charge in [0, 0.05) is 12.1 Å². The first-order valence-corrected chi connectivity index (χ1v) is 5.73. The number of fused-ring (bicyclic) bond motifs is 1. The molecule has 0 unspecified atom stereocenters. The molecule has 1 aliphatic rings. The van der Waals surface area contributed by atoms with E-state index in [9.17, 15) is 0 Å².